The Morgan fingerprint density at radius 3 is 2.65 bits per heavy atom. The lowest BCUT2D eigenvalue weighted by Gasteiger charge is -2.30. The fraction of sp³-hybridized carbons (Fsp3) is 0.833. The molecule has 0 aliphatic heterocycles. The van der Waals surface area contributed by atoms with E-state index in [1.807, 2.05) is 0 Å². The van der Waals surface area contributed by atoms with E-state index < -0.39 is 0 Å². The van der Waals surface area contributed by atoms with Crippen LogP contribution in [0.5, 0.6) is 0 Å². The van der Waals surface area contributed by atoms with Gasteiger partial charge in [-0.3, -0.25) is 9.59 Å². The summed E-state index contributed by atoms with van der Waals surface area (Å²) in [4.78, 5) is 22.2. The third kappa shape index (κ3) is 5.17. The SMILES string of the molecule is CC(=O)NCCC(=O)NC1CCCCC1CO. The molecule has 0 spiro atoms. The van der Waals surface area contributed by atoms with Gasteiger partial charge in [0.1, 0.15) is 0 Å². The quantitative estimate of drug-likeness (QED) is 0.643. The summed E-state index contributed by atoms with van der Waals surface area (Å²) in [5, 5.41) is 14.7. The van der Waals surface area contributed by atoms with Crippen LogP contribution in [0.15, 0.2) is 0 Å². The van der Waals surface area contributed by atoms with Gasteiger partial charge < -0.3 is 15.7 Å². The molecule has 0 bridgehead atoms. The number of carbonyl (C=O) groups is 2. The van der Waals surface area contributed by atoms with Gasteiger partial charge in [-0.05, 0) is 12.8 Å². The van der Waals surface area contributed by atoms with Gasteiger partial charge in [0.05, 0.1) is 0 Å². The van der Waals surface area contributed by atoms with Crippen LogP contribution in [0.2, 0.25) is 0 Å². The number of aliphatic hydroxyl groups is 1. The molecule has 0 aromatic rings. The van der Waals surface area contributed by atoms with Crippen molar-refractivity contribution in [3.05, 3.63) is 0 Å². The minimum absolute atomic E-state index is 0.0518. The first-order chi connectivity index (χ1) is 8.13. The van der Waals surface area contributed by atoms with Crippen molar-refractivity contribution in [2.24, 2.45) is 5.92 Å². The van der Waals surface area contributed by atoms with Gasteiger partial charge in [0, 0.05) is 38.5 Å². The Hall–Kier alpha value is -1.10. The molecule has 1 saturated carbocycles. The molecular weight excluding hydrogens is 220 g/mol. The molecule has 17 heavy (non-hydrogen) atoms. The Morgan fingerprint density at radius 1 is 1.29 bits per heavy atom. The van der Waals surface area contributed by atoms with E-state index in [0.29, 0.717) is 13.0 Å². The first-order valence-corrected chi connectivity index (χ1v) is 6.28. The average molecular weight is 242 g/mol. The normalized spacial score (nSPS) is 24.1. The maximum Gasteiger partial charge on any atom is 0.221 e. The number of amides is 2. The van der Waals surface area contributed by atoms with Crippen LogP contribution in [-0.2, 0) is 9.59 Å². The van der Waals surface area contributed by atoms with Crippen LogP contribution in [0.4, 0.5) is 0 Å². The average Bonchev–Trinajstić information content (AvgIpc) is 2.29. The summed E-state index contributed by atoms with van der Waals surface area (Å²) < 4.78 is 0. The van der Waals surface area contributed by atoms with E-state index in [9.17, 15) is 14.7 Å². The van der Waals surface area contributed by atoms with E-state index in [4.69, 9.17) is 0 Å². The Morgan fingerprint density at radius 2 is 2.00 bits per heavy atom. The van der Waals surface area contributed by atoms with E-state index >= 15 is 0 Å². The number of nitrogens with one attached hydrogen (secondary N) is 2. The van der Waals surface area contributed by atoms with Crippen molar-refractivity contribution in [2.45, 2.75) is 45.1 Å². The minimum atomic E-state index is -0.122. The lowest BCUT2D eigenvalue weighted by Crippen LogP contribution is -2.44. The number of rotatable bonds is 5. The molecule has 0 saturated heterocycles. The van der Waals surface area contributed by atoms with Crippen LogP contribution >= 0.6 is 0 Å². The second-order valence-electron chi connectivity index (χ2n) is 4.63. The van der Waals surface area contributed by atoms with Crippen molar-refractivity contribution in [1.29, 1.82) is 0 Å². The Balaban J connectivity index is 2.26. The van der Waals surface area contributed by atoms with Crippen molar-refractivity contribution in [2.75, 3.05) is 13.2 Å². The topological polar surface area (TPSA) is 78.4 Å². The van der Waals surface area contributed by atoms with Crippen LogP contribution in [-0.4, -0.2) is 36.1 Å². The Kier molecular flexibility index (Phi) is 5.97. The van der Waals surface area contributed by atoms with Gasteiger partial charge in [-0.1, -0.05) is 12.8 Å². The molecule has 5 heteroatoms. The van der Waals surface area contributed by atoms with Gasteiger partial charge in [0.15, 0.2) is 0 Å². The zero-order chi connectivity index (χ0) is 12.7. The van der Waals surface area contributed by atoms with Crippen LogP contribution in [0.1, 0.15) is 39.0 Å². The zero-order valence-electron chi connectivity index (χ0n) is 10.4. The molecule has 1 aliphatic carbocycles. The molecule has 0 aromatic heterocycles. The fourth-order valence-electron chi connectivity index (χ4n) is 2.25. The predicted molar refractivity (Wildman–Crippen MR) is 64.3 cm³/mol. The molecule has 5 nitrogen and oxygen atoms in total. The molecule has 98 valence electrons. The molecule has 3 N–H and O–H groups in total. The molecule has 1 fully saturated rings. The second-order valence-corrected chi connectivity index (χ2v) is 4.63. The van der Waals surface area contributed by atoms with Crippen LogP contribution < -0.4 is 10.6 Å². The van der Waals surface area contributed by atoms with E-state index in [2.05, 4.69) is 10.6 Å². The highest BCUT2D eigenvalue weighted by Crippen LogP contribution is 2.23. The second kappa shape index (κ2) is 7.27. The maximum atomic E-state index is 11.6. The van der Waals surface area contributed by atoms with Gasteiger partial charge in [-0.25, -0.2) is 0 Å². The largest absolute Gasteiger partial charge is 0.396 e. The summed E-state index contributed by atoms with van der Waals surface area (Å²) >= 11 is 0. The molecular formula is C12H22N2O3. The molecule has 1 aliphatic rings. The molecule has 0 radical (unpaired) electrons. The standard InChI is InChI=1S/C12H22N2O3/c1-9(16)13-7-6-12(17)14-11-5-3-2-4-10(11)8-15/h10-11,15H,2-8H2,1H3,(H,13,16)(H,14,17). The van der Waals surface area contributed by atoms with Crippen LogP contribution in [0, 0.1) is 5.92 Å². The monoisotopic (exact) mass is 242 g/mol. The van der Waals surface area contributed by atoms with Gasteiger partial charge in [-0.2, -0.15) is 0 Å². The summed E-state index contributed by atoms with van der Waals surface area (Å²) in [5.41, 5.74) is 0. The van der Waals surface area contributed by atoms with Crippen molar-refractivity contribution < 1.29 is 14.7 Å². The molecule has 0 aromatic carbocycles. The molecule has 2 amide bonds. The van der Waals surface area contributed by atoms with Crippen molar-refractivity contribution >= 4 is 11.8 Å². The van der Waals surface area contributed by atoms with Gasteiger partial charge in [-0.15, -0.1) is 0 Å². The Labute approximate surface area is 102 Å². The summed E-state index contributed by atoms with van der Waals surface area (Å²) in [7, 11) is 0. The van der Waals surface area contributed by atoms with Crippen molar-refractivity contribution in [3.63, 3.8) is 0 Å². The van der Waals surface area contributed by atoms with Crippen molar-refractivity contribution in [1.82, 2.24) is 10.6 Å². The van der Waals surface area contributed by atoms with Crippen LogP contribution in [0.25, 0.3) is 0 Å². The van der Waals surface area contributed by atoms with Gasteiger partial charge >= 0.3 is 0 Å². The number of hydrogen-bond donors (Lipinski definition) is 3. The van der Waals surface area contributed by atoms with Gasteiger partial charge in [0.25, 0.3) is 0 Å². The molecule has 2 atom stereocenters. The van der Waals surface area contributed by atoms with Crippen LogP contribution in [0.3, 0.4) is 0 Å². The zero-order valence-corrected chi connectivity index (χ0v) is 10.4. The lowest BCUT2D eigenvalue weighted by atomic mass is 9.85. The number of aliphatic hydroxyl groups excluding tert-OH is 1. The highest BCUT2D eigenvalue weighted by molar-refractivity contribution is 5.78. The third-order valence-electron chi connectivity index (χ3n) is 3.22. The lowest BCUT2D eigenvalue weighted by molar-refractivity contribution is -0.122. The number of carbonyl (C=O) groups excluding carboxylic acids is 2. The summed E-state index contributed by atoms with van der Waals surface area (Å²) in [6.07, 6.45) is 4.45. The minimum Gasteiger partial charge on any atom is -0.396 e. The summed E-state index contributed by atoms with van der Waals surface area (Å²) in [5.74, 6) is 0.0151. The van der Waals surface area contributed by atoms with E-state index in [-0.39, 0.29) is 30.4 Å². The van der Waals surface area contributed by atoms with Crippen molar-refractivity contribution in [3.8, 4) is 0 Å². The molecule has 1 rings (SSSR count). The Bertz CT molecular complexity index is 268. The predicted octanol–water partition coefficient (Wildman–Crippen LogP) is 0.180. The first kappa shape index (κ1) is 14.0. The summed E-state index contributed by atoms with van der Waals surface area (Å²) in [6, 6.07) is 0.0959. The maximum absolute atomic E-state index is 11.6. The summed E-state index contributed by atoms with van der Waals surface area (Å²) in [6.45, 7) is 1.94. The molecule has 0 heterocycles. The highest BCUT2D eigenvalue weighted by Gasteiger charge is 2.25. The smallest absolute Gasteiger partial charge is 0.221 e. The molecule has 2 unspecified atom stereocenters. The van der Waals surface area contributed by atoms with E-state index in [0.717, 1.165) is 25.7 Å². The van der Waals surface area contributed by atoms with Gasteiger partial charge in [0.2, 0.25) is 11.8 Å². The highest BCUT2D eigenvalue weighted by atomic mass is 16.3. The van der Waals surface area contributed by atoms with E-state index in [1.54, 1.807) is 0 Å². The fourth-order valence-corrected chi connectivity index (χ4v) is 2.25. The number of hydrogen-bond acceptors (Lipinski definition) is 3. The third-order valence-corrected chi connectivity index (χ3v) is 3.22. The first-order valence-electron chi connectivity index (χ1n) is 6.28. The van der Waals surface area contributed by atoms with E-state index in [1.165, 1.54) is 6.92 Å².